The molecule has 1 aliphatic carbocycles. The zero-order valence-corrected chi connectivity index (χ0v) is 22.1. The summed E-state index contributed by atoms with van der Waals surface area (Å²) in [6.45, 7) is 7.04. The summed E-state index contributed by atoms with van der Waals surface area (Å²) in [4.78, 5) is 1.10. The van der Waals surface area contributed by atoms with Crippen LogP contribution in [0.25, 0.3) is 11.1 Å². The maximum atomic E-state index is 13.6. The molecule has 0 amide bonds. The van der Waals surface area contributed by atoms with E-state index in [0.29, 0.717) is 12.1 Å². The molecule has 1 unspecified atom stereocenters. The van der Waals surface area contributed by atoms with E-state index in [1.54, 1.807) is 30.3 Å². The first-order valence-electron chi connectivity index (χ1n) is 11.7. The highest BCUT2D eigenvalue weighted by Crippen LogP contribution is 2.32. The normalized spacial score (nSPS) is 18.9. The van der Waals surface area contributed by atoms with Gasteiger partial charge in [-0.05, 0) is 92.0 Å². The monoisotopic (exact) mass is 487 g/mol. The van der Waals surface area contributed by atoms with Crippen LogP contribution >= 0.6 is 21.2 Å². The van der Waals surface area contributed by atoms with Crippen molar-refractivity contribution in [3.63, 3.8) is 0 Å². The van der Waals surface area contributed by atoms with E-state index in [-0.39, 0.29) is 5.82 Å². The molecule has 2 aromatic rings. The maximum Gasteiger partial charge on any atom is 0.123 e. The highest BCUT2D eigenvalue weighted by molar-refractivity contribution is 8.00. The van der Waals surface area contributed by atoms with Gasteiger partial charge in [-0.3, -0.25) is 0 Å². The molecule has 1 fully saturated rings. The number of allylic oxidation sites excluding steroid dienone is 3. The van der Waals surface area contributed by atoms with Gasteiger partial charge in [-0.25, -0.2) is 8.70 Å². The SMILES string of the molecule is C/C(=C\N)SN(Cc1ccc(-c2cc(F)ccc2P)cc1)C1CCC(N)CC1.C/C=C\CC. The van der Waals surface area contributed by atoms with Gasteiger partial charge in [-0.2, -0.15) is 0 Å². The summed E-state index contributed by atoms with van der Waals surface area (Å²) < 4.78 is 16.1. The van der Waals surface area contributed by atoms with Crippen molar-refractivity contribution in [1.29, 1.82) is 0 Å². The molecule has 1 aliphatic rings. The van der Waals surface area contributed by atoms with Gasteiger partial charge in [0.05, 0.1) is 0 Å². The number of hydrogen-bond acceptors (Lipinski definition) is 4. The van der Waals surface area contributed by atoms with E-state index in [1.165, 1.54) is 11.6 Å². The molecular weight excluding hydrogens is 448 g/mol. The van der Waals surface area contributed by atoms with Crippen molar-refractivity contribution < 1.29 is 4.39 Å². The number of nitrogens with two attached hydrogens (primary N) is 2. The summed E-state index contributed by atoms with van der Waals surface area (Å²) in [5.74, 6) is -0.215. The number of halogens is 1. The summed E-state index contributed by atoms with van der Waals surface area (Å²) >= 11 is 1.73. The van der Waals surface area contributed by atoms with E-state index in [1.807, 2.05) is 13.8 Å². The van der Waals surface area contributed by atoms with Crippen LogP contribution in [0.3, 0.4) is 0 Å². The van der Waals surface area contributed by atoms with E-state index >= 15 is 0 Å². The van der Waals surface area contributed by atoms with Gasteiger partial charge in [-0.1, -0.05) is 49.4 Å². The fourth-order valence-electron chi connectivity index (χ4n) is 3.82. The Morgan fingerprint density at radius 1 is 1.15 bits per heavy atom. The Kier molecular flexibility index (Phi) is 12.2. The van der Waals surface area contributed by atoms with E-state index in [4.69, 9.17) is 11.5 Å². The first-order valence-corrected chi connectivity index (χ1v) is 13.1. The van der Waals surface area contributed by atoms with Crippen LogP contribution in [0.4, 0.5) is 4.39 Å². The van der Waals surface area contributed by atoms with Gasteiger partial charge in [0.15, 0.2) is 0 Å². The summed E-state index contributed by atoms with van der Waals surface area (Å²) in [6.07, 6.45) is 11.4. The van der Waals surface area contributed by atoms with Gasteiger partial charge in [0.2, 0.25) is 0 Å². The van der Waals surface area contributed by atoms with Gasteiger partial charge in [0, 0.05) is 29.7 Å². The standard InChI is InChI=1S/C22H29FN3PS.C5H10/c1-15(13-24)28-26(20-9-7-19(25)8-10-20)14-16-2-4-17(5-3-16)21-12-18(23)6-11-22(21)27;1-3-5-4-2/h2-6,11-13,19-20H,7-10,14,24-25,27H2,1H3;3,5H,4H2,1-2H3/b15-13+;5-3-. The van der Waals surface area contributed by atoms with Crippen molar-refractivity contribution in [3.8, 4) is 11.1 Å². The molecule has 1 atom stereocenters. The highest BCUT2D eigenvalue weighted by Gasteiger charge is 2.25. The van der Waals surface area contributed by atoms with Crippen molar-refractivity contribution >= 4 is 26.5 Å². The van der Waals surface area contributed by atoms with Gasteiger partial charge >= 0.3 is 0 Å². The molecule has 0 spiro atoms. The van der Waals surface area contributed by atoms with Crippen molar-refractivity contribution in [2.45, 2.75) is 71.5 Å². The van der Waals surface area contributed by atoms with Crippen LogP contribution in [0.5, 0.6) is 0 Å². The molecule has 0 saturated heterocycles. The number of benzene rings is 2. The van der Waals surface area contributed by atoms with Gasteiger partial charge in [0.1, 0.15) is 5.82 Å². The average Bonchev–Trinajstić information content (AvgIpc) is 2.82. The van der Waals surface area contributed by atoms with Crippen LogP contribution in [0.2, 0.25) is 0 Å². The quantitative estimate of drug-likeness (QED) is 0.266. The second-order valence-corrected chi connectivity index (χ2v) is 10.3. The molecule has 1 saturated carbocycles. The highest BCUT2D eigenvalue weighted by atomic mass is 32.2. The fourth-order valence-corrected chi connectivity index (χ4v) is 5.18. The first-order chi connectivity index (χ1) is 15.9. The lowest BCUT2D eigenvalue weighted by Gasteiger charge is -2.35. The van der Waals surface area contributed by atoms with Crippen LogP contribution < -0.4 is 16.8 Å². The molecule has 0 radical (unpaired) electrons. The molecule has 4 N–H and O–H groups in total. The first kappa shape index (κ1) is 27.6. The molecule has 0 heterocycles. The lowest BCUT2D eigenvalue weighted by Crippen LogP contribution is -2.37. The molecule has 0 aliphatic heterocycles. The summed E-state index contributed by atoms with van der Waals surface area (Å²) in [5, 5.41) is 0.994. The second kappa shape index (κ2) is 14.6. The van der Waals surface area contributed by atoms with Crippen molar-refractivity contribution in [2.75, 3.05) is 0 Å². The topological polar surface area (TPSA) is 55.3 Å². The third-order valence-electron chi connectivity index (χ3n) is 5.73. The molecule has 3 rings (SSSR count). The minimum Gasteiger partial charge on any atom is -0.404 e. The van der Waals surface area contributed by atoms with Crippen LogP contribution in [-0.2, 0) is 6.54 Å². The Morgan fingerprint density at radius 2 is 1.82 bits per heavy atom. The Morgan fingerprint density at radius 3 is 2.36 bits per heavy atom. The molecule has 180 valence electrons. The van der Waals surface area contributed by atoms with E-state index < -0.39 is 0 Å². The second-order valence-electron chi connectivity index (χ2n) is 8.42. The Balaban J connectivity index is 0.000000696. The summed E-state index contributed by atoms with van der Waals surface area (Å²) in [7, 11) is 2.68. The fraction of sp³-hybridized carbons (Fsp3) is 0.407. The zero-order chi connectivity index (χ0) is 24.2. The lowest BCUT2D eigenvalue weighted by atomic mass is 9.91. The van der Waals surface area contributed by atoms with E-state index in [2.05, 4.69) is 56.9 Å². The minimum atomic E-state index is -0.215. The van der Waals surface area contributed by atoms with Crippen molar-refractivity contribution in [3.05, 3.63) is 77.1 Å². The molecule has 6 heteroatoms. The van der Waals surface area contributed by atoms with Crippen molar-refractivity contribution in [2.24, 2.45) is 11.5 Å². The Bertz CT molecular complexity index is 906. The summed E-state index contributed by atoms with van der Waals surface area (Å²) in [6, 6.07) is 14.1. The number of hydrogen-bond donors (Lipinski definition) is 2. The molecular formula is C27H39FN3PS. The zero-order valence-electron chi connectivity index (χ0n) is 20.1. The number of rotatable bonds is 7. The molecule has 0 aromatic heterocycles. The average molecular weight is 488 g/mol. The van der Waals surface area contributed by atoms with Crippen LogP contribution in [0, 0.1) is 5.82 Å². The van der Waals surface area contributed by atoms with E-state index in [0.717, 1.165) is 60.0 Å². The van der Waals surface area contributed by atoms with Crippen molar-refractivity contribution in [1.82, 2.24) is 4.31 Å². The Labute approximate surface area is 206 Å². The van der Waals surface area contributed by atoms with E-state index in [9.17, 15) is 4.39 Å². The third kappa shape index (κ3) is 9.25. The number of nitrogens with zero attached hydrogens (tertiary/aromatic N) is 1. The van der Waals surface area contributed by atoms with Crippen LogP contribution in [0.1, 0.15) is 58.4 Å². The maximum absolute atomic E-state index is 13.6. The third-order valence-corrected chi connectivity index (χ3v) is 7.32. The molecule has 2 aromatic carbocycles. The molecule has 0 bridgehead atoms. The minimum absolute atomic E-state index is 0.215. The molecule has 33 heavy (non-hydrogen) atoms. The van der Waals surface area contributed by atoms with Gasteiger partial charge in [0.25, 0.3) is 0 Å². The van der Waals surface area contributed by atoms with Crippen LogP contribution in [-0.4, -0.2) is 16.4 Å². The van der Waals surface area contributed by atoms with Gasteiger partial charge in [-0.15, -0.1) is 9.24 Å². The predicted octanol–water partition coefficient (Wildman–Crippen LogP) is 6.51. The Hall–Kier alpha value is -1.65. The largest absolute Gasteiger partial charge is 0.404 e. The molecule has 3 nitrogen and oxygen atoms in total. The lowest BCUT2D eigenvalue weighted by molar-refractivity contribution is 0.253. The van der Waals surface area contributed by atoms with Gasteiger partial charge < -0.3 is 11.5 Å². The smallest absolute Gasteiger partial charge is 0.123 e. The summed E-state index contributed by atoms with van der Waals surface area (Å²) in [5.41, 5.74) is 15.0. The predicted molar refractivity (Wildman–Crippen MR) is 148 cm³/mol. The van der Waals surface area contributed by atoms with Crippen LogP contribution in [0.15, 0.2) is 65.7 Å².